The molecule has 0 amide bonds. The molecule has 2 rings (SSSR count). The Morgan fingerprint density at radius 3 is 2.83 bits per heavy atom. The summed E-state index contributed by atoms with van der Waals surface area (Å²) in [5.41, 5.74) is 0.830. The Morgan fingerprint density at radius 2 is 2.17 bits per heavy atom. The van der Waals surface area contributed by atoms with Crippen molar-refractivity contribution in [2.75, 3.05) is 0 Å². The van der Waals surface area contributed by atoms with Crippen molar-refractivity contribution in [3.63, 3.8) is 0 Å². The van der Waals surface area contributed by atoms with E-state index >= 15 is 0 Å². The summed E-state index contributed by atoms with van der Waals surface area (Å²) in [6, 6.07) is 8.37. The third-order valence-electron chi connectivity index (χ3n) is 2.31. The van der Waals surface area contributed by atoms with Gasteiger partial charge in [-0.2, -0.15) is 0 Å². The minimum Gasteiger partial charge on any atom is -0.488 e. The van der Waals surface area contributed by atoms with Gasteiger partial charge in [0, 0.05) is 18.0 Å². The Labute approximate surface area is 109 Å². The van der Waals surface area contributed by atoms with E-state index < -0.39 is 5.97 Å². The van der Waals surface area contributed by atoms with Crippen LogP contribution in [0.2, 0.25) is 5.02 Å². The molecule has 0 unspecified atom stereocenters. The predicted octanol–water partition coefficient (Wildman–Crippen LogP) is 3.01. The molecule has 0 saturated heterocycles. The maximum atomic E-state index is 11.1. The monoisotopic (exact) mass is 263 g/mol. The van der Waals surface area contributed by atoms with Crippen molar-refractivity contribution in [3.8, 4) is 5.75 Å². The number of aromatic carboxylic acids is 1. The second kappa shape index (κ2) is 5.51. The summed E-state index contributed by atoms with van der Waals surface area (Å²) in [5, 5.41) is 9.23. The van der Waals surface area contributed by atoms with Crippen LogP contribution in [-0.4, -0.2) is 16.1 Å². The Kier molecular flexibility index (Phi) is 3.79. The number of hydrogen-bond donors (Lipinski definition) is 1. The zero-order valence-electron chi connectivity index (χ0n) is 9.34. The average molecular weight is 264 g/mol. The molecule has 1 aromatic heterocycles. The molecule has 2 aromatic rings. The van der Waals surface area contributed by atoms with Crippen molar-refractivity contribution in [1.82, 2.24) is 4.98 Å². The Balaban J connectivity index is 2.20. The van der Waals surface area contributed by atoms with Crippen LogP contribution in [0.15, 0.2) is 42.7 Å². The number of pyridine rings is 1. The van der Waals surface area contributed by atoms with Crippen molar-refractivity contribution in [2.45, 2.75) is 6.61 Å². The van der Waals surface area contributed by atoms with Crippen LogP contribution in [0.3, 0.4) is 0 Å². The third-order valence-corrected chi connectivity index (χ3v) is 2.62. The molecule has 5 heteroatoms. The maximum absolute atomic E-state index is 11.1. The lowest BCUT2D eigenvalue weighted by molar-refractivity contribution is 0.0692. The molecular weight excluding hydrogens is 254 g/mol. The summed E-state index contributed by atoms with van der Waals surface area (Å²) >= 11 is 5.83. The first-order valence-electron chi connectivity index (χ1n) is 5.22. The fourth-order valence-electron chi connectivity index (χ4n) is 1.48. The predicted molar refractivity (Wildman–Crippen MR) is 67.0 cm³/mol. The van der Waals surface area contributed by atoms with Crippen molar-refractivity contribution in [1.29, 1.82) is 0 Å². The van der Waals surface area contributed by atoms with E-state index in [9.17, 15) is 4.79 Å². The van der Waals surface area contributed by atoms with E-state index in [0.29, 0.717) is 0 Å². The first-order valence-corrected chi connectivity index (χ1v) is 5.60. The van der Waals surface area contributed by atoms with E-state index in [1.165, 1.54) is 6.07 Å². The van der Waals surface area contributed by atoms with Crippen molar-refractivity contribution in [3.05, 3.63) is 58.9 Å². The van der Waals surface area contributed by atoms with E-state index in [1.54, 1.807) is 30.6 Å². The van der Waals surface area contributed by atoms with E-state index in [-0.39, 0.29) is 22.9 Å². The largest absolute Gasteiger partial charge is 0.488 e. The van der Waals surface area contributed by atoms with Gasteiger partial charge in [-0.1, -0.05) is 23.7 Å². The topological polar surface area (TPSA) is 59.4 Å². The van der Waals surface area contributed by atoms with E-state index in [0.717, 1.165) is 5.56 Å². The summed E-state index contributed by atoms with van der Waals surface area (Å²) in [6.07, 6.45) is 3.32. The number of carbonyl (C=O) groups is 1. The van der Waals surface area contributed by atoms with Gasteiger partial charge in [0.2, 0.25) is 0 Å². The molecule has 18 heavy (non-hydrogen) atoms. The zero-order valence-corrected chi connectivity index (χ0v) is 10.1. The molecule has 1 aromatic carbocycles. The van der Waals surface area contributed by atoms with Crippen LogP contribution in [0.4, 0.5) is 0 Å². The Morgan fingerprint density at radius 1 is 1.33 bits per heavy atom. The molecule has 0 radical (unpaired) electrons. The van der Waals surface area contributed by atoms with Gasteiger partial charge in [0.25, 0.3) is 0 Å². The standard InChI is InChI=1S/C13H10ClNO3/c14-10-4-1-5-11(12(10)13(16)17)18-8-9-3-2-6-15-7-9/h1-7H,8H2,(H,16,17). The molecule has 4 nitrogen and oxygen atoms in total. The second-order valence-electron chi connectivity index (χ2n) is 3.57. The molecule has 0 spiro atoms. The van der Waals surface area contributed by atoms with Crippen molar-refractivity contribution in [2.24, 2.45) is 0 Å². The summed E-state index contributed by atoms with van der Waals surface area (Å²) < 4.78 is 5.46. The highest BCUT2D eigenvalue weighted by Gasteiger charge is 2.15. The number of carboxylic acid groups (broad SMARTS) is 1. The number of benzene rings is 1. The second-order valence-corrected chi connectivity index (χ2v) is 3.98. The van der Waals surface area contributed by atoms with Crippen LogP contribution < -0.4 is 4.74 Å². The highest BCUT2D eigenvalue weighted by Crippen LogP contribution is 2.26. The molecule has 1 N–H and O–H groups in total. The number of hydrogen-bond acceptors (Lipinski definition) is 3. The van der Waals surface area contributed by atoms with Crippen molar-refractivity contribution >= 4 is 17.6 Å². The fraction of sp³-hybridized carbons (Fsp3) is 0.0769. The molecule has 0 aliphatic heterocycles. The fourth-order valence-corrected chi connectivity index (χ4v) is 1.72. The molecule has 0 atom stereocenters. The minimum absolute atomic E-state index is 0.0249. The number of aromatic nitrogens is 1. The first kappa shape index (κ1) is 12.4. The summed E-state index contributed by atoms with van der Waals surface area (Å²) in [7, 11) is 0. The summed E-state index contributed by atoms with van der Waals surface area (Å²) in [4.78, 5) is 15.0. The van der Waals surface area contributed by atoms with Gasteiger partial charge in [0.15, 0.2) is 0 Å². The number of halogens is 1. The highest BCUT2D eigenvalue weighted by atomic mass is 35.5. The summed E-state index contributed by atoms with van der Waals surface area (Å²) in [6.45, 7) is 0.245. The molecule has 0 saturated carbocycles. The molecule has 92 valence electrons. The SMILES string of the molecule is O=C(O)c1c(Cl)cccc1OCc1cccnc1. The zero-order chi connectivity index (χ0) is 13.0. The van der Waals surface area contributed by atoms with Gasteiger partial charge >= 0.3 is 5.97 Å². The van der Waals surface area contributed by atoms with Gasteiger partial charge < -0.3 is 9.84 Å². The Hall–Kier alpha value is -2.07. The van der Waals surface area contributed by atoms with Gasteiger partial charge in [0.05, 0.1) is 5.02 Å². The van der Waals surface area contributed by atoms with Crippen LogP contribution in [0.1, 0.15) is 15.9 Å². The minimum atomic E-state index is -1.11. The molecule has 0 fully saturated rings. The van der Waals surface area contributed by atoms with E-state index in [4.69, 9.17) is 21.4 Å². The third kappa shape index (κ3) is 2.78. The number of nitrogens with zero attached hydrogens (tertiary/aromatic N) is 1. The van der Waals surface area contributed by atoms with Gasteiger partial charge in [-0.15, -0.1) is 0 Å². The van der Waals surface area contributed by atoms with Gasteiger partial charge in [0.1, 0.15) is 17.9 Å². The van der Waals surface area contributed by atoms with Gasteiger partial charge in [-0.25, -0.2) is 4.79 Å². The molecule has 1 heterocycles. The molecule has 0 aliphatic carbocycles. The van der Waals surface area contributed by atoms with Gasteiger partial charge in [-0.3, -0.25) is 4.98 Å². The van der Waals surface area contributed by atoms with Crippen LogP contribution in [0.5, 0.6) is 5.75 Å². The van der Waals surface area contributed by atoms with Crippen LogP contribution in [0.25, 0.3) is 0 Å². The van der Waals surface area contributed by atoms with Gasteiger partial charge in [-0.05, 0) is 18.2 Å². The number of carboxylic acids is 1. The van der Waals surface area contributed by atoms with E-state index in [2.05, 4.69) is 4.98 Å². The smallest absolute Gasteiger partial charge is 0.341 e. The normalized spacial score (nSPS) is 10.1. The van der Waals surface area contributed by atoms with E-state index in [1.807, 2.05) is 6.07 Å². The lowest BCUT2D eigenvalue weighted by Crippen LogP contribution is -2.04. The highest BCUT2D eigenvalue weighted by molar-refractivity contribution is 6.33. The summed E-state index contributed by atoms with van der Waals surface area (Å²) in [5.74, 6) is -0.861. The Bertz CT molecular complexity index is 557. The quantitative estimate of drug-likeness (QED) is 0.921. The van der Waals surface area contributed by atoms with Crippen molar-refractivity contribution < 1.29 is 14.6 Å². The van der Waals surface area contributed by atoms with Crippen LogP contribution in [0, 0.1) is 0 Å². The van der Waals surface area contributed by atoms with Crippen LogP contribution >= 0.6 is 11.6 Å². The first-order chi connectivity index (χ1) is 8.68. The number of rotatable bonds is 4. The maximum Gasteiger partial charge on any atom is 0.341 e. The average Bonchev–Trinajstić information content (AvgIpc) is 2.37. The molecular formula is C13H10ClNO3. The molecule has 0 bridgehead atoms. The number of ether oxygens (including phenoxy) is 1. The lowest BCUT2D eigenvalue weighted by Gasteiger charge is -2.09. The molecule has 0 aliphatic rings. The van der Waals surface area contributed by atoms with Crippen LogP contribution in [-0.2, 0) is 6.61 Å². The lowest BCUT2D eigenvalue weighted by atomic mass is 10.2.